The van der Waals surface area contributed by atoms with Gasteiger partial charge in [-0.05, 0) is 30.7 Å². The van der Waals surface area contributed by atoms with Crippen LogP contribution < -0.4 is 5.32 Å². The standard InChI is InChI=1S/C12H18N2O3/c1-2-5-12(6-7-12)9-13-8-10-3-4-11(17-10)14(15)16/h3-4,13H,2,5-9H2,1H3. The SMILES string of the molecule is CCCC1(CNCc2ccc([N+](=O)[O-])o2)CC1. The van der Waals surface area contributed by atoms with E-state index >= 15 is 0 Å². The second kappa shape index (κ2) is 4.87. The van der Waals surface area contributed by atoms with Crippen LogP contribution in [-0.4, -0.2) is 11.5 Å². The topological polar surface area (TPSA) is 68.3 Å². The van der Waals surface area contributed by atoms with Crippen molar-refractivity contribution in [1.29, 1.82) is 0 Å². The molecule has 94 valence electrons. The molecule has 0 saturated heterocycles. The van der Waals surface area contributed by atoms with Gasteiger partial charge in [0, 0.05) is 6.54 Å². The molecule has 1 aliphatic rings. The highest BCUT2D eigenvalue weighted by Crippen LogP contribution is 2.48. The molecule has 1 fully saturated rings. The van der Waals surface area contributed by atoms with Gasteiger partial charge in [0.1, 0.15) is 10.7 Å². The van der Waals surface area contributed by atoms with Crippen molar-refractivity contribution in [2.75, 3.05) is 6.54 Å². The molecule has 2 rings (SSSR count). The van der Waals surface area contributed by atoms with E-state index in [0.717, 1.165) is 6.54 Å². The van der Waals surface area contributed by atoms with Gasteiger partial charge in [0.15, 0.2) is 0 Å². The van der Waals surface area contributed by atoms with Crippen LogP contribution in [0.5, 0.6) is 0 Å². The number of nitrogens with one attached hydrogen (secondary N) is 1. The number of hydrogen-bond donors (Lipinski definition) is 1. The molecule has 0 aromatic carbocycles. The van der Waals surface area contributed by atoms with Crippen LogP contribution in [0.4, 0.5) is 5.88 Å². The summed E-state index contributed by atoms with van der Waals surface area (Å²) in [4.78, 5) is 9.92. The lowest BCUT2D eigenvalue weighted by Crippen LogP contribution is -2.23. The van der Waals surface area contributed by atoms with Crippen LogP contribution in [0.25, 0.3) is 0 Å². The van der Waals surface area contributed by atoms with E-state index in [4.69, 9.17) is 4.42 Å². The van der Waals surface area contributed by atoms with Crippen LogP contribution in [0.1, 0.15) is 38.4 Å². The highest BCUT2D eigenvalue weighted by molar-refractivity contribution is 5.17. The van der Waals surface area contributed by atoms with Gasteiger partial charge >= 0.3 is 5.88 Å². The van der Waals surface area contributed by atoms with Crippen LogP contribution in [0.3, 0.4) is 0 Å². The molecule has 5 nitrogen and oxygen atoms in total. The number of rotatable bonds is 7. The average molecular weight is 238 g/mol. The predicted octanol–water partition coefficient (Wildman–Crippen LogP) is 2.86. The largest absolute Gasteiger partial charge is 0.433 e. The maximum absolute atomic E-state index is 10.4. The Bertz CT molecular complexity index is 396. The van der Waals surface area contributed by atoms with Gasteiger partial charge in [-0.3, -0.25) is 10.1 Å². The van der Waals surface area contributed by atoms with Gasteiger partial charge in [-0.25, -0.2) is 0 Å². The molecule has 0 amide bonds. The van der Waals surface area contributed by atoms with E-state index in [1.807, 2.05) is 0 Å². The summed E-state index contributed by atoms with van der Waals surface area (Å²) in [5.74, 6) is 0.445. The summed E-state index contributed by atoms with van der Waals surface area (Å²) >= 11 is 0. The molecule has 1 aromatic rings. The summed E-state index contributed by atoms with van der Waals surface area (Å²) < 4.78 is 5.08. The maximum Gasteiger partial charge on any atom is 0.433 e. The van der Waals surface area contributed by atoms with E-state index in [1.165, 1.54) is 31.7 Å². The summed E-state index contributed by atoms with van der Waals surface area (Å²) in [6, 6.07) is 3.06. The molecule has 17 heavy (non-hydrogen) atoms. The molecule has 0 spiro atoms. The summed E-state index contributed by atoms with van der Waals surface area (Å²) in [5.41, 5.74) is 0.493. The Morgan fingerprint density at radius 2 is 2.29 bits per heavy atom. The first kappa shape index (κ1) is 12.1. The van der Waals surface area contributed by atoms with Crippen LogP contribution in [0.15, 0.2) is 16.5 Å². The number of nitrogens with zero attached hydrogens (tertiary/aromatic N) is 1. The van der Waals surface area contributed by atoms with E-state index in [1.54, 1.807) is 6.07 Å². The van der Waals surface area contributed by atoms with Crippen molar-refractivity contribution in [2.24, 2.45) is 5.41 Å². The summed E-state index contributed by atoms with van der Waals surface area (Å²) in [7, 11) is 0. The monoisotopic (exact) mass is 238 g/mol. The van der Waals surface area contributed by atoms with Gasteiger partial charge in [0.25, 0.3) is 0 Å². The molecule has 1 N–H and O–H groups in total. The molecule has 5 heteroatoms. The fourth-order valence-electron chi connectivity index (χ4n) is 2.23. The second-order valence-corrected chi connectivity index (χ2v) is 4.85. The summed E-state index contributed by atoms with van der Waals surface area (Å²) in [5, 5.41) is 13.8. The molecule has 1 saturated carbocycles. The van der Waals surface area contributed by atoms with Crippen molar-refractivity contribution in [1.82, 2.24) is 5.32 Å². The molecule has 0 aliphatic heterocycles. The minimum absolute atomic E-state index is 0.184. The Morgan fingerprint density at radius 1 is 1.53 bits per heavy atom. The van der Waals surface area contributed by atoms with Gasteiger partial charge in [-0.15, -0.1) is 0 Å². The van der Waals surface area contributed by atoms with Crippen molar-refractivity contribution in [2.45, 2.75) is 39.2 Å². The number of hydrogen-bond acceptors (Lipinski definition) is 4. The predicted molar refractivity (Wildman–Crippen MR) is 63.6 cm³/mol. The molecule has 0 unspecified atom stereocenters. The zero-order chi connectivity index (χ0) is 12.3. The molecule has 0 bridgehead atoms. The zero-order valence-electron chi connectivity index (χ0n) is 10.1. The summed E-state index contributed by atoms with van der Waals surface area (Å²) in [6.45, 7) is 3.75. The van der Waals surface area contributed by atoms with E-state index in [2.05, 4.69) is 12.2 Å². The van der Waals surface area contributed by atoms with Gasteiger partial charge in [-0.1, -0.05) is 13.3 Å². The van der Waals surface area contributed by atoms with E-state index in [9.17, 15) is 10.1 Å². The quantitative estimate of drug-likeness (QED) is 0.585. The summed E-state index contributed by atoms with van der Waals surface area (Å²) in [6.07, 6.45) is 5.07. The minimum Gasteiger partial charge on any atom is -0.404 e. The lowest BCUT2D eigenvalue weighted by Gasteiger charge is -2.13. The van der Waals surface area contributed by atoms with Crippen LogP contribution in [-0.2, 0) is 6.54 Å². The third kappa shape index (κ3) is 3.06. The molecule has 0 radical (unpaired) electrons. The van der Waals surface area contributed by atoms with Crippen molar-refractivity contribution in [3.8, 4) is 0 Å². The fraction of sp³-hybridized carbons (Fsp3) is 0.667. The lowest BCUT2D eigenvalue weighted by molar-refractivity contribution is -0.402. The number of nitro groups is 1. The molecule has 0 atom stereocenters. The zero-order valence-corrected chi connectivity index (χ0v) is 10.1. The molecular weight excluding hydrogens is 220 g/mol. The van der Waals surface area contributed by atoms with E-state index < -0.39 is 4.92 Å². The van der Waals surface area contributed by atoms with Gasteiger partial charge < -0.3 is 9.73 Å². The third-order valence-electron chi connectivity index (χ3n) is 3.36. The van der Waals surface area contributed by atoms with Gasteiger partial charge in [0.2, 0.25) is 0 Å². The first-order valence-corrected chi connectivity index (χ1v) is 6.09. The maximum atomic E-state index is 10.4. The first-order valence-electron chi connectivity index (χ1n) is 6.09. The van der Waals surface area contributed by atoms with Crippen LogP contribution in [0, 0.1) is 15.5 Å². The molecular formula is C12H18N2O3. The average Bonchev–Trinajstić information content (AvgIpc) is 2.88. The van der Waals surface area contributed by atoms with Crippen LogP contribution >= 0.6 is 0 Å². The highest BCUT2D eigenvalue weighted by Gasteiger charge is 2.40. The first-order chi connectivity index (χ1) is 8.15. The third-order valence-corrected chi connectivity index (χ3v) is 3.36. The van der Waals surface area contributed by atoms with E-state index in [0.29, 0.717) is 17.7 Å². The second-order valence-electron chi connectivity index (χ2n) is 4.85. The molecule has 1 aliphatic carbocycles. The number of furan rings is 1. The Balaban J connectivity index is 1.76. The minimum atomic E-state index is -0.511. The molecule has 1 aromatic heterocycles. The highest BCUT2D eigenvalue weighted by atomic mass is 16.6. The lowest BCUT2D eigenvalue weighted by atomic mass is 10.0. The smallest absolute Gasteiger partial charge is 0.404 e. The Hall–Kier alpha value is -1.36. The van der Waals surface area contributed by atoms with Crippen molar-refractivity contribution >= 4 is 5.88 Å². The normalized spacial score (nSPS) is 17.0. The van der Waals surface area contributed by atoms with Crippen molar-refractivity contribution in [3.63, 3.8) is 0 Å². The Kier molecular flexibility index (Phi) is 3.47. The Morgan fingerprint density at radius 3 is 2.82 bits per heavy atom. The fourth-order valence-corrected chi connectivity index (χ4v) is 2.23. The molecule has 1 heterocycles. The van der Waals surface area contributed by atoms with Crippen molar-refractivity contribution < 1.29 is 9.34 Å². The van der Waals surface area contributed by atoms with Gasteiger partial charge in [0.05, 0.1) is 12.6 Å². The van der Waals surface area contributed by atoms with E-state index in [-0.39, 0.29) is 5.88 Å². The Labute approximate surface area is 100 Å². The van der Waals surface area contributed by atoms with Crippen molar-refractivity contribution in [3.05, 3.63) is 28.0 Å². The van der Waals surface area contributed by atoms with Gasteiger partial charge in [-0.2, -0.15) is 0 Å². The van der Waals surface area contributed by atoms with Crippen LogP contribution in [0.2, 0.25) is 0 Å².